The summed E-state index contributed by atoms with van der Waals surface area (Å²) in [5.74, 6) is -0.679. The van der Waals surface area contributed by atoms with Gasteiger partial charge < -0.3 is 10.2 Å². The van der Waals surface area contributed by atoms with Crippen LogP contribution in [0.3, 0.4) is 0 Å². The lowest BCUT2D eigenvalue weighted by molar-refractivity contribution is 0.0851. The maximum atomic E-state index is 13.0. The molecule has 1 aromatic carbocycles. The number of urea groups is 1. The summed E-state index contributed by atoms with van der Waals surface area (Å²) in [6, 6.07) is 5.28. The Morgan fingerprint density at radius 3 is 2.78 bits per heavy atom. The minimum atomic E-state index is -0.369. The van der Waals surface area contributed by atoms with Crippen LogP contribution in [0.5, 0.6) is 0 Å². The highest BCUT2D eigenvalue weighted by atomic mass is 19.1. The van der Waals surface area contributed by atoms with Crippen molar-refractivity contribution in [3.63, 3.8) is 0 Å². The molecule has 3 rings (SSSR count). The molecule has 120 valence electrons. The van der Waals surface area contributed by atoms with Crippen LogP contribution in [0.2, 0.25) is 0 Å². The predicted octanol–water partition coefficient (Wildman–Crippen LogP) is 2.68. The summed E-state index contributed by atoms with van der Waals surface area (Å²) in [4.78, 5) is 26.4. The molecule has 0 spiro atoms. The van der Waals surface area contributed by atoms with E-state index in [1.54, 1.807) is 11.1 Å². The topological polar surface area (TPSA) is 78.1 Å². The number of rotatable bonds is 3. The van der Waals surface area contributed by atoms with Crippen LogP contribution in [0.15, 0.2) is 36.7 Å². The Bertz CT molecular complexity index is 685. The van der Waals surface area contributed by atoms with Crippen molar-refractivity contribution in [2.45, 2.75) is 12.8 Å². The molecule has 2 N–H and O–H groups in total. The monoisotopic (exact) mass is 316 g/mol. The summed E-state index contributed by atoms with van der Waals surface area (Å²) in [6.45, 7) is 0.969. The Labute approximate surface area is 132 Å². The second kappa shape index (κ2) is 6.60. The first-order valence-electron chi connectivity index (χ1n) is 7.48. The average Bonchev–Trinajstić information content (AvgIpc) is 3.08. The van der Waals surface area contributed by atoms with Crippen molar-refractivity contribution >= 4 is 17.5 Å². The zero-order chi connectivity index (χ0) is 16.2. The maximum Gasteiger partial charge on any atom is 0.321 e. The molecule has 2 amide bonds. The van der Waals surface area contributed by atoms with E-state index in [0.717, 1.165) is 12.8 Å². The number of aromatic amines is 1. The fourth-order valence-electron chi connectivity index (χ4n) is 2.75. The van der Waals surface area contributed by atoms with Crippen molar-refractivity contribution in [1.82, 2.24) is 15.1 Å². The highest BCUT2D eigenvalue weighted by Gasteiger charge is 2.29. The van der Waals surface area contributed by atoms with Crippen molar-refractivity contribution in [3.8, 4) is 0 Å². The molecule has 0 aliphatic carbocycles. The minimum absolute atomic E-state index is 0.0502. The Hall–Kier alpha value is -2.70. The molecule has 1 unspecified atom stereocenters. The largest absolute Gasteiger partial charge is 0.324 e. The highest BCUT2D eigenvalue weighted by molar-refractivity contribution is 5.98. The van der Waals surface area contributed by atoms with Gasteiger partial charge in [0, 0.05) is 30.8 Å². The van der Waals surface area contributed by atoms with Crippen LogP contribution >= 0.6 is 0 Å². The van der Waals surface area contributed by atoms with Gasteiger partial charge in [0.1, 0.15) is 5.82 Å². The molecule has 1 fully saturated rings. The number of piperidine rings is 1. The number of ketones is 1. The first kappa shape index (κ1) is 15.2. The molecule has 1 saturated heterocycles. The van der Waals surface area contributed by atoms with Gasteiger partial charge in [-0.15, -0.1) is 0 Å². The van der Waals surface area contributed by atoms with Crippen LogP contribution in [-0.4, -0.2) is 40.0 Å². The molecule has 1 aliphatic heterocycles. The number of H-pyrrole nitrogens is 1. The quantitative estimate of drug-likeness (QED) is 0.855. The highest BCUT2D eigenvalue weighted by Crippen LogP contribution is 2.22. The van der Waals surface area contributed by atoms with Gasteiger partial charge in [-0.05, 0) is 37.1 Å². The number of carbonyl (C=O) groups excluding carboxylic acids is 2. The molecule has 1 aliphatic rings. The molecule has 2 aromatic rings. The third kappa shape index (κ3) is 3.56. The molecule has 23 heavy (non-hydrogen) atoms. The molecule has 0 saturated carbocycles. The Kier molecular flexibility index (Phi) is 4.36. The second-order valence-corrected chi connectivity index (χ2v) is 5.57. The summed E-state index contributed by atoms with van der Waals surface area (Å²) in [7, 11) is 0. The number of likely N-dealkylation sites (tertiary alicyclic amines) is 1. The van der Waals surface area contributed by atoms with Gasteiger partial charge in [0.15, 0.2) is 5.78 Å². The number of anilines is 1. The van der Waals surface area contributed by atoms with Gasteiger partial charge in [0.25, 0.3) is 0 Å². The van der Waals surface area contributed by atoms with Crippen LogP contribution in [0.4, 0.5) is 14.9 Å². The Morgan fingerprint density at radius 1 is 1.30 bits per heavy atom. The van der Waals surface area contributed by atoms with Gasteiger partial charge in [0.05, 0.1) is 11.9 Å². The summed E-state index contributed by atoms with van der Waals surface area (Å²) in [5.41, 5.74) is 1.07. The summed E-state index contributed by atoms with van der Waals surface area (Å²) < 4.78 is 13.0. The van der Waals surface area contributed by atoms with E-state index in [1.165, 1.54) is 30.5 Å². The van der Waals surface area contributed by atoms with Crippen molar-refractivity contribution in [2.24, 2.45) is 5.92 Å². The lowest BCUT2D eigenvalue weighted by Gasteiger charge is -2.31. The lowest BCUT2D eigenvalue weighted by atomic mass is 9.90. The number of nitrogens with zero attached hydrogens (tertiary/aromatic N) is 2. The third-order valence-corrected chi connectivity index (χ3v) is 3.96. The van der Waals surface area contributed by atoms with Crippen LogP contribution in [-0.2, 0) is 0 Å². The molecule has 0 bridgehead atoms. The number of hydrogen-bond acceptors (Lipinski definition) is 3. The van der Waals surface area contributed by atoms with Crippen molar-refractivity contribution < 1.29 is 14.0 Å². The van der Waals surface area contributed by atoms with E-state index in [2.05, 4.69) is 15.5 Å². The van der Waals surface area contributed by atoms with E-state index >= 15 is 0 Å². The van der Waals surface area contributed by atoms with Gasteiger partial charge in [-0.25, -0.2) is 9.18 Å². The number of hydrogen-bond donors (Lipinski definition) is 2. The first-order valence-corrected chi connectivity index (χ1v) is 7.48. The van der Waals surface area contributed by atoms with E-state index < -0.39 is 0 Å². The van der Waals surface area contributed by atoms with Gasteiger partial charge >= 0.3 is 6.03 Å². The maximum absolute atomic E-state index is 13.0. The zero-order valence-electron chi connectivity index (χ0n) is 12.5. The van der Waals surface area contributed by atoms with Gasteiger partial charge in [-0.1, -0.05) is 0 Å². The summed E-state index contributed by atoms with van der Waals surface area (Å²) >= 11 is 0. The number of aromatic nitrogens is 2. The minimum Gasteiger partial charge on any atom is -0.324 e. The molecular weight excluding hydrogens is 299 g/mol. The molecule has 2 heterocycles. The Morgan fingerprint density at radius 2 is 2.09 bits per heavy atom. The standard InChI is InChI=1S/C16H17FN4O2/c17-13-5-3-11(4-6-13)15(22)12-2-1-7-21(10-12)16(23)20-14-8-18-19-9-14/h3-6,8-9,12H,1-2,7,10H2,(H,18,19)(H,20,23). The van der Waals surface area contributed by atoms with Gasteiger partial charge in [0.2, 0.25) is 0 Å². The molecule has 7 heteroatoms. The molecule has 0 radical (unpaired) electrons. The summed E-state index contributed by atoms with van der Waals surface area (Å²) in [6.07, 6.45) is 4.59. The van der Waals surface area contributed by atoms with E-state index in [1.807, 2.05) is 0 Å². The third-order valence-electron chi connectivity index (χ3n) is 3.96. The molecule has 1 aromatic heterocycles. The molecule has 1 atom stereocenters. The van der Waals surface area contributed by atoms with Crippen molar-refractivity contribution in [1.29, 1.82) is 0 Å². The van der Waals surface area contributed by atoms with Crippen LogP contribution in [0, 0.1) is 11.7 Å². The number of benzene rings is 1. The van der Waals surface area contributed by atoms with Crippen molar-refractivity contribution in [2.75, 3.05) is 18.4 Å². The SMILES string of the molecule is O=C(c1ccc(F)cc1)C1CCCN(C(=O)Nc2cn[nH]c2)C1. The van der Waals surface area contributed by atoms with Gasteiger partial charge in [-0.3, -0.25) is 9.89 Å². The predicted molar refractivity (Wildman–Crippen MR) is 82.6 cm³/mol. The number of halogens is 1. The first-order chi connectivity index (χ1) is 11.1. The van der Waals surface area contributed by atoms with Crippen LogP contribution in [0.1, 0.15) is 23.2 Å². The number of amides is 2. The Balaban J connectivity index is 1.64. The van der Waals surface area contributed by atoms with E-state index in [9.17, 15) is 14.0 Å². The second-order valence-electron chi connectivity index (χ2n) is 5.57. The fourth-order valence-corrected chi connectivity index (χ4v) is 2.75. The van der Waals surface area contributed by atoms with Crippen molar-refractivity contribution in [3.05, 3.63) is 48.0 Å². The van der Waals surface area contributed by atoms with Gasteiger partial charge in [-0.2, -0.15) is 5.10 Å². The lowest BCUT2D eigenvalue weighted by Crippen LogP contribution is -2.44. The molecule has 6 nitrogen and oxygen atoms in total. The van der Waals surface area contributed by atoms with E-state index in [4.69, 9.17) is 0 Å². The van der Waals surface area contributed by atoms with Crippen LogP contribution < -0.4 is 5.32 Å². The smallest absolute Gasteiger partial charge is 0.321 e. The number of nitrogens with one attached hydrogen (secondary N) is 2. The number of carbonyl (C=O) groups is 2. The average molecular weight is 316 g/mol. The van der Waals surface area contributed by atoms with E-state index in [-0.39, 0.29) is 23.5 Å². The fraction of sp³-hybridized carbons (Fsp3) is 0.312. The van der Waals surface area contributed by atoms with Crippen LogP contribution in [0.25, 0.3) is 0 Å². The number of Topliss-reactive ketones (excluding diaryl/α,β-unsaturated/α-hetero) is 1. The van der Waals surface area contributed by atoms with E-state index in [0.29, 0.717) is 24.3 Å². The zero-order valence-corrected chi connectivity index (χ0v) is 12.5. The molecular formula is C16H17FN4O2. The normalized spacial score (nSPS) is 17.8. The summed E-state index contributed by atoms with van der Waals surface area (Å²) in [5, 5.41) is 9.12.